The Bertz CT molecular complexity index is 400. The number of aryl methyl sites for hydroxylation is 1. The minimum atomic E-state index is -3.32. The van der Waals surface area contributed by atoms with Crippen LogP contribution in [0.1, 0.15) is 17.6 Å². The van der Waals surface area contributed by atoms with Crippen LogP contribution < -0.4 is 9.44 Å². The van der Waals surface area contributed by atoms with Crippen molar-refractivity contribution in [3.63, 3.8) is 0 Å². The van der Waals surface area contributed by atoms with Gasteiger partial charge in [0.25, 0.3) is 10.2 Å². The van der Waals surface area contributed by atoms with Gasteiger partial charge < -0.3 is 0 Å². The Balaban J connectivity index is 2.33. The van der Waals surface area contributed by atoms with Crippen molar-refractivity contribution in [3.05, 3.63) is 16.1 Å². The molecule has 0 fully saturated rings. The van der Waals surface area contributed by atoms with Crippen LogP contribution in [0.3, 0.4) is 0 Å². The lowest BCUT2D eigenvalue weighted by Crippen LogP contribution is -2.37. The highest BCUT2D eigenvalue weighted by Gasteiger charge is 2.06. The zero-order valence-electron chi connectivity index (χ0n) is 8.78. The minimum absolute atomic E-state index is 0.374. The first-order valence-electron chi connectivity index (χ1n) is 4.69. The molecule has 1 rings (SSSR count). The molecule has 0 aliphatic rings. The molecule has 0 saturated heterocycles. The molecule has 0 amide bonds. The second-order valence-electron chi connectivity index (χ2n) is 3.00. The summed E-state index contributed by atoms with van der Waals surface area (Å²) in [7, 11) is -3.32. The second kappa shape index (κ2) is 5.55. The summed E-state index contributed by atoms with van der Waals surface area (Å²) < 4.78 is 27.2. The van der Waals surface area contributed by atoms with E-state index in [1.54, 1.807) is 18.3 Å². The number of hydrogen-bond donors (Lipinski definition) is 2. The van der Waals surface area contributed by atoms with E-state index in [0.717, 1.165) is 10.7 Å². The molecule has 0 radical (unpaired) electrons. The van der Waals surface area contributed by atoms with E-state index in [1.165, 1.54) is 0 Å². The van der Waals surface area contributed by atoms with Crippen LogP contribution in [-0.4, -0.2) is 26.5 Å². The molecule has 1 aromatic rings. The van der Waals surface area contributed by atoms with Gasteiger partial charge in [0, 0.05) is 24.9 Å². The molecule has 86 valence electrons. The van der Waals surface area contributed by atoms with E-state index in [9.17, 15) is 8.42 Å². The highest BCUT2D eigenvalue weighted by molar-refractivity contribution is 7.87. The van der Waals surface area contributed by atoms with Crippen molar-refractivity contribution >= 4 is 21.5 Å². The van der Waals surface area contributed by atoms with Crippen molar-refractivity contribution in [2.24, 2.45) is 0 Å². The van der Waals surface area contributed by atoms with Gasteiger partial charge in [-0.05, 0) is 6.92 Å². The molecule has 0 aliphatic carbocycles. The zero-order valence-corrected chi connectivity index (χ0v) is 10.4. The lowest BCUT2D eigenvalue weighted by atomic mass is 10.3. The molecule has 0 unspecified atom stereocenters. The normalized spacial score (nSPS) is 11.9. The van der Waals surface area contributed by atoms with Crippen molar-refractivity contribution in [1.82, 2.24) is 14.4 Å². The number of thiazole rings is 1. The first kappa shape index (κ1) is 12.6. The topological polar surface area (TPSA) is 71.1 Å². The molecular weight excluding hydrogens is 234 g/mol. The fourth-order valence-electron chi connectivity index (χ4n) is 1.08. The van der Waals surface area contributed by atoms with E-state index in [1.807, 2.05) is 12.3 Å². The summed E-state index contributed by atoms with van der Waals surface area (Å²) in [6, 6.07) is 0. The van der Waals surface area contributed by atoms with E-state index < -0.39 is 10.2 Å². The Kier molecular flexibility index (Phi) is 4.65. The second-order valence-corrected chi connectivity index (χ2v) is 5.65. The van der Waals surface area contributed by atoms with Crippen LogP contribution in [0.25, 0.3) is 0 Å². The van der Waals surface area contributed by atoms with E-state index in [2.05, 4.69) is 14.4 Å². The van der Waals surface area contributed by atoms with Gasteiger partial charge in [0.2, 0.25) is 0 Å². The molecule has 0 bridgehead atoms. The lowest BCUT2D eigenvalue weighted by molar-refractivity contribution is 0.568. The van der Waals surface area contributed by atoms with E-state index in [0.29, 0.717) is 19.5 Å². The van der Waals surface area contributed by atoms with Crippen molar-refractivity contribution in [2.45, 2.75) is 20.3 Å². The summed E-state index contributed by atoms with van der Waals surface area (Å²) in [6.07, 6.45) is 0.620. The molecule has 7 heteroatoms. The average Bonchev–Trinajstić information content (AvgIpc) is 2.51. The van der Waals surface area contributed by atoms with E-state index in [-0.39, 0.29) is 0 Å². The molecule has 0 atom stereocenters. The van der Waals surface area contributed by atoms with Crippen LogP contribution in [-0.2, 0) is 16.6 Å². The summed E-state index contributed by atoms with van der Waals surface area (Å²) in [5.74, 6) is 0. The number of aromatic nitrogens is 1. The molecule has 1 aromatic heterocycles. The summed E-state index contributed by atoms with van der Waals surface area (Å²) in [6.45, 7) is 4.43. The first-order valence-corrected chi connectivity index (χ1v) is 7.05. The van der Waals surface area contributed by atoms with Gasteiger partial charge in [-0.15, -0.1) is 11.3 Å². The lowest BCUT2D eigenvalue weighted by Gasteiger charge is -2.04. The molecule has 0 spiro atoms. The molecule has 2 N–H and O–H groups in total. The Hall–Kier alpha value is -0.500. The summed E-state index contributed by atoms with van der Waals surface area (Å²) >= 11 is 1.57. The van der Waals surface area contributed by atoms with Gasteiger partial charge in [-0.3, -0.25) is 0 Å². The molecule has 15 heavy (non-hydrogen) atoms. The maximum absolute atomic E-state index is 11.2. The zero-order chi connectivity index (χ0) is 11.3. The molecular formula is C8H15N3O2S2. The largest absolute Gasteiger partial charge is 0.276 e. The molecule has 0 aromatic carbocycles. The van der Waals surface area contributed by atoms with Crippen molar-refractivity contribution in [2.75, 3.05) is 13.1 Å². The SMILES string of the molecule is CCNS(=O)(=O)NCCc1csc(C)n1. The maximum Gasteiger partial charge on any atom is 0.276 e. The molecule has 1 heterocycles. The monoisotopic (exact) mass is 249 g/mol. The standard InChI is InChI=1S/C8H15N3O2S2/c1-3-9-15(12,13)10-5-4-8-6-14-7(2)11-8/h6,9-10H,3-5H2,1-2H3. The van der Waals surface area contributed by atoms with Gasteiger partial charge in [0.1, 0.15) is 0 Å². The minimum Gasteiger partial charge on any atom is -0.247 e. The number of nitrogens with one attached hydrogen (secondary N) is 2. The van der Waals surface area contributed by atoms with Crippen LogP contribution in [0.15, 0.2) is 5.38 Å². The van der Waals surface area contributed by atoms with Gasteiger partial charge in [0.05, 0.1) is 10.7 Å². The van der Waals surface area contributed by atoms with E-state index >= 15 is 0 Å². The van der Waals surface area contributed by atoms with Gasteiger partial charge in [-0.1, -0.05) is 6.92 Å². The fourth-order valence-corrected chi connectivity index (χ4v) is 2.58. The Labute approximate surface area is 94.1 Å². The van der Waals surface area contributed by atoms with E-state index in [4.69, 9.17) is 0 Å². The van der Waals surface area contributed by atoms with Crippen LogP contribution >= 0.6 is 11.3 Å². The smallest absolute Gasteiger partial charge is 0.247 e. The highest BCUT2D eigenvalue weighted by Crippen LogP contribution is 2.07. The number of rotatable bonds is 6. The fraction of sp³-hybridized carbons (Fsp3) is 0.625. The van der Waals surface area contributed by atoms with Crippen molar-refractivity contribution < 1.29 is 8.42 Å². The predicted molar refractivity (Wildman–Crippen MR) is 61.2 cm³/mol. The van der Waals surface area contributed by atoms with Gasteiger partial charge in [0.15, 0.2) is 0 Å². The third-order valence-electron chi connectivity index (χ3n) is 1.67. The molecule has 0 aliphatic heterocycles. The third kappa shape index (κ3) is 4.70. The molecule has 5 nitrogen and oxygen atoms in total. The van der Waals surface area contributed by atoms with Crippen molar-refractivity contribution in [1.29, 1.82) is 0 Å². The predicted octanol–water partition coefficient (Wildman–Crippen LogP) is 0.438. The summed E-state index contributed by atoms with van der Waals surface area (Å²) in [5.41, 5.74) is 0.927. The average molecular weight is 249 g/mol. The number of hydrogen-bond acceptors (Lipinski definition) is 4. The first-order chi connectivity index (χ1) is 7.03. The maximum atomic E-state index is 11.2. The Morgan fingerprint density at radius 1 is 1.47 bits per heavy atom. The third-order valence-corrected chi connectivity index (χ3v) is 3.75. The number of nitrogens with zero attached hydrogens (tertiary/aromatic N) is 1. The Morgan fingerprint density at radius 3 is 2.73 bits per heavy atom. The molecule has 0 saturated carbocycles. The Morgan fingerprint density at radius 2 is 2.20 bits per heavy atom. The van der Waals surface area contributed by atoms with Crippen LogP contribution in [0.2, 0.25) is 0 Å². The highest BCUT2D eigenvalue weighted by atomic mass is 32.2. The van der Waals surface area contributed by atoms with Gasteiger partial charge >= 0.3 is 0 Å². The quantitative estimate of drug-likeness (QED) is 0.768. The summed E-state index contributed by atoms with van der Waals surface area (Å²) in [4.78, 5) is 4.24. The van der Waals surface area contributed by atoms with Gasteiger partial charge in [-0.2, -0.15) is 8.42 Å². The van der Waals surface area contributed by atoms with Gasteiger partial charge in [-0.25, -0.2) is 14.4 Å². The van der Waals surface area contributed by atoms with Crippen LogP contribution in [0.4, 0.5) is 0 Å². The van der Waals surface area contributed by atoms with Crippen molar-refractivity contribution in [3.8, 4) is 0 Å². The van der Waals surface area contributed by atoms with Crippen LogP contribution in [0.5, 0.6) is 0 Å². The van der Waals surface area contributed by atoms with Crippen LogP contribution in [0, 0.1) is 6.92 Å². The summed E-state index contributed by atoms with van der Waals surface area (Å²) in [5, 5.41) is 2.94.